The van der Waals surface area contributed by atoms with Gasteiger partial charge in [-0.3, -0.25) is 24.2 Å². The predicted molar refractivity (Wildman–Crippen MR) is 237 cm³/mol. The lowest BCUT2D eigenvalue weighted by Gasteiger charge is -2.46. The molecule has 3 fully saturated rings. The zero-order chi connectivity index (χ0) is 45.8. The molecule has 1 amide bonds. The van der Waals surface area contributed by atoms with Crippen LogP contribution in [0.4, 0.5) is 10.5 Å². The van der Waals surface area contributed by atoms with Crippen LogP contribution in [0.2, 0.25) is 0 Å². The average molecular weight is 897 g/mol. The van der Waals surface area contributed by atoms with E-state index in [9.17, 15) is 14.7 Å². The fourth-order valence-electron chi connectivity index (χ4n) is 9.76. The highest BCUT2D eigenvalue weighted by atomic mass is 32.1. The van der Waals surface area contributed by atoms with Crippen LogP contribution in [0.5, 0.6) is 0 Å². The number of esters is 1. The van der Waals surface area contributed by atoms with Crippen molar-refractivity contribution in [2.75, 3.05) is 25.9 Å². The number of ketones is 1. The van der Waals surface area contributed by atoms with E-state index in [-0.39, 0.29) is 30.4 Å². The van der Waals surface area contributed by atoms with Crippen LogP contribution in [-0.2, 0) is 46.2 Å². The fourth-order valence-corrected chi connectivity index (χ4v) is 10.4. The summed E-state index contributed by atoms with van der Waals surface area (Å²) >= 11 is 1.33. The van der Waals surface area contributed by atoms with Gasteiger partial charge < -0.3 is 45.6 Å². The van der Waals surface area contributed by atoms with E-state index in [2.05, 4.69) is 27.5 Å². The molecule has 3 aromatic rings. The Morgan fingerprint density at radius 3 is 2.52 bits per heavy atom. The number of anilines is 1. The van der Waals surface area contributed by atoms with Gasteiger partial charge in [-0.1, -0.05) is 45.0 Å². The molecule has 1 aromatic carbocycles. The number of amides is 1. The molecular weight excluding hydrogens is 829 g/mol. The number of nitrogens with one attached hydrogen (secondary N) is 1. The number of hydrogen-bond acceptors (Lipinski definition) is 16. The molecule has 18 heteroatoms. The molecular formula is C45H68N8O9S. The molecule has 0 spiro atoms. The van der Waals surface area contributed by atoms with Crippen molar-refractivity contribution in [1.82, 2.24) is 30.2 Å². The Labute approximate surface area is 374 Å². The first kappa shape index (κ1) is 48.4. The van der Waals surface area contributed by atoms with Crippen LogP contribution in [-0.4, -0.2) is 128 Å². The van der Waals surface area contributed by atoms with E-state index >= 15 is 4.79 Å². The summed E-state index contributed by atoms with van der Waals surface area (Å²) in [6, 6.07) is 5.96. The quantitative estimate of drug-likeness (QED) is 0.0843. The minimum Gasteiger partial charge on any atom is -0.457 e. The topological polar surface area (TPSA) is 228 Å². The van der Waals surface area contributed by atoms with Gasteiger partial charge in [0.2, 0.25) is 0 Å². The van der Waals surface area contributed by atoms with Crippen molar-refractivity contribution >= 4 is 34.9 Å². The smallest absolute Gasteiger partial charge is 0.410 e. The highest BCUT2D eigenvalue weighted by Crippen LogP contribution is 2.41. The zero-order valence-corrected chi connectivity index (χ0v) is 39.0. The molecule has 3 aliphatic heterocycles. The molecule has 6 rings (SSSR count). The van der Waals surface area contributed by atoms with Crippen LogP contribution >= 0.6 is 11.3 Å². The molecule has 14 atom stereocenters. The number of rotatable bonds is 12. The van der Waals surface area contributed by atoms with Crippen molar-refractivity contribution in [3.8, 4) is 11.3 Å². The van der Waals surface area contributed by atoms with E-state index in [4.69, 9.17) is 35.2 Å². The van der Waals surface area contributed by atoms with Gasteiger partial charge in [0.25, 0.3) is 0 Å². The molecule has 3 unspecified atom stereocenters. The normalized spacial score (nSPS) is 36.0. The predicted octanol–water partition coefficient (Wildman–Crippen LogP) is 4.61. The minimum absolute atomic E-state index is 0.0363. The summed E-state index contributed by atoms with van der Waals surface area (Å²) in [5.41, 5.74) is 13.9. The molecule has 3 aliphatic rings. The summed E-state index contributed by atoms with van der Waals surface area (Å²) in [6.07, 6.45) is 0.535. The Hall–Kier alpha value is -4.04. The van der Waals surface area contributed by atoms with E-state index in [0.29, 0.717) is 51.0 Å². The third kappa shape index (κ3) is 10.6. The maximum absolute atomic E-state index is 15.0. The van der Waals surface area contributed by atoms with Crippen molar-refractivity contribution in [3.05, 3.63) is 47.0 Å². The monoisotopic (exact) mass is 896 g/mol. The maximum Gasteiger partial charge on any atom is 0.410 e. The van der Waals surface area contributed by atoms with Gasteiger partial charge in [0.1, 0.15) is 23.8 Å². The lowest BCUT2D eigenvalue weighted by atomic mass is 9.77. The first-order chi connectivity index (χ1) is 29.9. The van der Waals surface area contributed by atoms with Crippen molar-refractivity contribution in [3.63, 3.8) is 0 Å². The average Bonchev–Trinajstić information content (AvgIpc) is 4.01. The number of aryl methyl sites for hydroxylation is 1. The number of carbonyl (C=O) groups excluding carboxylic acids is 3. The number of thiazole rings is 1. The molecule has 63 heavy (non-hydrogen) atoms. The lowest BCUT2D eigenvalue weighted by Crippen LogP contribution is -2.61. The number of cyclic esters (lactones) is 1. The Bertz CT molecular complexity index is 2010. The van der Waals surface area contributed by atoms with Crippen LogP contribution in [0.1, 0.15) is 86.0 Å². The van der Waals surface area contributed by atoms with Gasteiger partial charge in [-0.15, -0.1) is 16.4 Å². The highest BCUT2D eigenvalue weighted by molar-refractivity contribution is 7.09. The van der Waals surface area contributed by atoms with Crippen LogP contribution in [0.3, 0.4) is 0 Å². The van der Waals surface area contributed by atoms with E-state index < -0.39 is 77.6 Å². The van der Waals surface area contributed by atoms with Crippen LogP contribution in [0, 0.1) is 23.7 Å². The van der Waals surface area contributed by atoms with Gasteiger partial charge in [-0.2, -0.15) is 0 Å². The Balaban J connectivity index is 1.29. The van der Waals surface area contributed by atoms with Crippen LogP contribution in [0.25, 0.3) is 11.3 Å². The van der Waals surface area contributed by atoms with Gasteiger partial charge in [-0.05, 0) is 83.9 Å². The summed E-state index contributed by atoms with van der Waals surface area (Å²) in [4.78, 5) is 50.3. The molecule has 348 valence electrons. The summed E-state index contributed by atoms with van der Waals surface area (Å²) in [6.45, 7) is 16.6. The number of hydrogen-bond donors (Lipinski definition) is 4. The Kier molecular flexibility index (Phi) is 15.7. The number of aliphatic hydroxyl groups excluding tert-OH is 1. The second kappa shape index (κ2) is 20.4. The number of unbranched alkanes of at least 4 members (excludes halogenated alkanes) is 1. The van der Waals surface area contributed by atoms with Gasteiger partial charge in [0.05, 0.1) is 35.6 Å². The largest absolute Gasteiger partial charge is 0.457 e. The molecule has 0 radical (unpaired) electrons. The van der Waals surface area contributed by atoms with Crippen molar-refractivity contribution in [2.45, 2.75) is 154 Å². The van der Waals surface area contributed by atoms with E-state index in [1.165, 1.54) is 11.3 Å². The molecule has 0 saturated carbocycles. The number of nitrogens with two attached hydrogens (primary N) is 2. The lowest BCUT2D eigenvalue weighted by molar-refractivity contribution is -0.297. The second-order valence-electron chi connectivity index (χ2n) is 18.4. The number of nitrogens with zero attached hydrogens (tertiary/aromatic N) is 5. The number of benzene rings is 1. The Morgan fingerprint density at radius 1 is 1.10 bits per heavy atom. The number of fused-ring (bicyclic) bond motifs is 1. The molecule has 3 saturated heterocycles. The number of aromatic nitrogens is 4. The molecule has 0 bridgehead atoms. The SMILES string of the molecule is CC[C@H]1OC(=O)[C@H](Cc2cncs2)C(=O)[C@H](C)[C@@H](O[C@@H]2OC(C)[C@H](C)C(N)C2O)[C@](C)(OC)C[C@@H](C)CN[C@H](C)[C@H]2N(CCCCn3cc(-c4cccc(N)c4)nn3)C(=O)O[C@]12C. The van der Waals surface area contributed by atoms with E-state index in [1.807, 2.05) is 72.0 Å². The van der Waals surface area contributed by atoms with Gasteiger partial charge in [0, 0.05) is 66.9 Å². The number of methoxy groups -OCH3 is 1. The molecule has 2 aromatic heterocycles. The summed E-state index contributed by atoms with van der Waals surface area (Å²) < 4.78 is 33.7. The van der Waals surface area contributed by atoms with Gasteiger partial charge in [0.15, 0.2) is 17.7 Å². The first-order valence-electron chi connectivity index (χ1n) is 22.3. The molecule has 0 aliphatic carbocycles. The zero-order valence-electron chi connectivity index (χ0n) is 38.1. The summed E-state index contributed by atoms with van der Waals surface area (Å²) in [7, 11) is 1.57. The third-order valence-electron chi connectivity index (χ3n) is 13.6. The summed E-state index contributed by atoms with van der Waals surface area (Å²) in [5.74, 6) is -3.60. The summed E-state index contributed by atoms with van der Waals surface area (Å²) in [5, 5.41) is 23.7. The van der Waals surface area contributed by atoms with Gasteiger partial charge >= 0.3 is 12.1 Å². The fraction of sp³-hybridized carbons (Fsp3) is 0.689. The highest BCUT2D eigenvalue weighted by Gasteiger charge is 2.59. The molecule has 17 nitrogen and oxygen atoms in total. The van der Waals surface area contributed by atoms with Crippen LogP contribution in [0.15, 0.2) is 42.2 Å². The van der Waals surface area contributed by atoms with Gasteiger partial charge in [-0.25, -0.2) is 4.79 Å². The minimum atomic E-state index is -1.28. The van der Waals surface area contributed by atoms with Crippen molar-refractivity contribution in [1.29, 1.82) is 0 Å². The number of Topliss-reactive ketones (excluding diaryl/α,β-unsaturated/α-hetero) is 1. The second-order valence-corrected chi connectivity index (χ2v) is 19.3. The van der Waals surface area contributed by atoms with Crippen LogP contribution < -0.4 is 16.8 Å². The number of aliphatic hydroxyl groups is 1. The van der Waals surface area contributed by atoms with E-state index in [0.717, 1.165) is 16.1 Å². The molecule has 5 heterocycles. The number of ether oxygens (including phenoxy) is 5. The Morgan fingerprint density at radius 2 is 1.84 bits per heavy atom. The molecule has 6 N–H and O–H groups in total. The number of nitrogen functional groups attached to an aromatic ring is 1. The maximum atomic E-state index is 15.0. The van der Waals surface area contributed by atoms with Crippen molar-refractivity contribution in [2.24, 2.45) is 29.4 Å². The van der Waals surface area contributed by atoms with Crippen molar-refractivity contribution < 1.29 is 43.2 Å². The third-order valence-corrected chi connectivity index (χ3v) is 14.4. The number of carbonyl (C=O) groups is 3. The standard InChI is InChI=1S/C45H68N8O9S/c1-10-35-45(8)39(53(43(57)62-45)17-12-11-16-52-23-34(50-51-52)30-14-13-15-31(46)18-30)28(5)49-21-25(2)20-44(7,58-9)40(61-42-38(55)36(47)26(3)29(6)59-42)27(4)37(54)33(41(56)60-35)19-32-22-48-24-63-32/h13-15,18,22-29,33,35-36,38-40,42,49,55H,10-12,16-17,19-21,46-47H2,1-9H3/t25-,26+,27+,28-,29?,33-,35-,36?,38?,39-,40-,42+,44-,45-/m1/s1. The first-order valence-corrected chi connectivity index (χ1v) is 23.2. The van der Waals surface area contributed by atoms with E-state index in [1.54, 1.807) is 35.3 Å².